The van der Waals surface area contributed by atoms with Crippen molar-refractivity contribution in [2.24, 2.45) is 5.92 Å². The van der Waals surface area contributed by atoms with E-state index in [1.54, 1.807) is 0 Å². The molecule has 106 valence electrons. The van der Waals surface area contributed by atoms with Gasteiger partial charge in [-0.2, -0.15) is 0 Å². The maximum absolute atomic E-state index is 11.8. The molecule has 0 saturated carbocycles. The number of nitrogens with one attached hydrogen (secondary N) is 2. The van der Waals surface area contributed by atoms with Crippen LogP contribution in [0, 0.1) is 12.8 Å². The Hall–Kier alpha value is -1.95. The molecule has 0 bridgehead atoms. The summed E-state index contributed by atoms with van der Waals surface area (Å²) in [6.07, 6.45) is 0.874. The summed E-state index contributed by atoms with van der Waals surface area (Å²) >= 11 is 1.41. The zero-order valence-electron chi connectivity index (χ0n) is 11.8. The lowest BCUT2D eigenvalue weighted by Crippen LogP contribution is -2.19. The number of nitrogens with zero attached hydrogens (tertiary/aromatic N) is 2. The highest BCUT2D eigenvalue weighted by atomic mass is 32.1. The molecule has 20 heavy (non-hydrogen) atoms. The predicted molar refractivity (Wildman–Crippen MR) is 82.3 cm³/mol. The summed E-state index contributed by atoms with van der Waals surface area (Å²) in [7, 11) is 0. The van der Waals surface area contributed by atoms with Crippen molar-refractivity contribution in [3.8, 4) is 0 Å². The highest BCUT2D eigenvalue weighted by molar-refractivity contribution is 7.15. The summed E-state index contributed by atoms with van der Waals surface area (Å²) < 4.78 is 0. The minimum absolute atomic E-state index is 0.305. The van der Waals surface area contributed by atoms with Crippen LogP contribution >= 0.6 is 11.3 Å². The zero-order valence-corrected chi connectivity index (χ0v) is 12.6. The lowest BCUT2D eigenvalue weighted by Gasteiger charge is -2.05. The molecule has 0 unspecified atom stereocenters. The van der Waals surface area contributed by atoms with Gasteiger partial charge in [-0.1, -0.05) is 42.9 Å². The fourth-order valence-corrected chi connectivity index (χ4v) is 2.58. The van der Waals surface area contributed by atoms with Crippen LogP contribution in [0.25, 0.3) is 0 Å². The van der Waals surface area contributed by atoms with Gasteiger partial charge in [0.25, 0.3) is 0 Å². The lowest BCUT2D eigenvalue weighted by atomic mass is 10.1. The van der Waals surface area contributed by atoms with Crippen LogP contribution in [0.15, 0.2) is 24.3 Å². The quantitative estimate of drug-likeness (QED) is 0.902. The first-order valence-corrected chi connectivity index (χ1v) is 7.31. The number of carbonyl (C=O) groups excluding carboxylic acids is 1. The Bertz CT molecular complexity index is 577. The van der Waals surface area contributed by atoms with E-state index in [4.69, 9.17) is 0 Å². The first-order chi connectivity index (χ1) is 9.52. The smallest absolute Gasteiger partial charge is 0.308 e. The Morgan fingerprint density at radius 3 is 2.55 bits per heavy atom. The van der Waals surface area contributed by atoms with Crippen molar-refractivity contribution < 1.29 is 4.79 Å². The maximum Gasteiger partial charge on any atom is 0.325 e. The summed E-state index contributed by atoms with van der Waals surface area (Å²) in [6, 6.07) is 7.31. The monoisotopic (exact) mass is 290 g/mol. The van der Waals surface area contributed by atoms with Crippen molar-refractivity contribution in [1.29, 1.82) is 0 Å². The molecule has 6 heteroatoms. The van der Waals surface area contributed by atoms with E-state index in [0.29, 0.717) is 11.0 Å². The third-order valence-electron chi connectivity index (χ3n) is 2.58. The number of carbonyl (C=O) groups is 1. The third-order valence-corrected chi connectivity index (χ3v) is 3.44. The molecule has 0 atom stereocenters. The Kier molecular flexibility index (Phi) is 4.68. The minimum Gasteiger partial charge on any atom is -0.308 e. The topological polar surface area (TPSA) is 66.9 Å². The molecule has 2 rings (SSSR count). The van der Waals surface area contributed by atoms with Gasteiger partial charge in [0.05, 0.1) is 0 Å². The van der Waals surface area contributed by atoms with Crippen molar-refractivity contribution in [3.05, 3.63) is 34.8 Å². The van der Waals surface area contributed by atoms with Crippen LogP contribution < -0.4 is 10.6 Å². The number of hydrogen-bond acceptors (Lipinski definition) is 4. The van der Waals surface area contributed by atoms with Crippen LogP contribution in [0.4, 0.5) is 15.6 Å². The summed E-state index contributed by atoms with van der Waals surface area (Å²) in [5.74, 6) is 0.525. The van der Waals surface area contributed by atoms with Gasteiger partial charge in [-0.3, -0.25) is 5.32 Å². The summed E-state index contributed by atoms with van der Waals surface area (Å²) in [4.78, 5) is 11.8. The Labute approximate surface area is 122 Å². The molecule has 0 aliphatic rings. The number of amides is 2. The Balaban J connectivity index is 1.91. The van der Waals surface area contributed by atoms with Gasteiger partial charge in [0, 0.05) is 12.1 Å². The molecule has 0 saturated heterocycles. The van der Waals surface area contributed by atoms with E-state index in [9.17, 15) is 4.79 Å². The van der Waals surface area contributed by atoms with Crippen LogP contribution in [0.1, 0.15) is 24.4 Å². The molecule has 0 radical (unpaired) electrons. The molecule has 0 aliphatic carbocycles. The van der Waals surface area contributed by atoms with E-state index >= 15 is 0 Å². The normalized spacial score (nSPS) is 10.6. The second kappa shape index (κ2) is 6.47. The zero-order chi connectivity index (χ0) is 14.5. The molecule has 1 aromatic heterocycles. The molecule has 0 aliphatic heterocycles. The number of rotatable bonds is 4. The largest absolute Gasteiger partial charge is 0.325 e. The number of aryl methyl sites for hydroxylation is 1. The average molecular weight is 290 g/mol. The van der Waals surface area contributed by atoms with Gasteiger partial charge in [-0.15, -0.1) is 10.2 Å². The third kappa shape index (κ3) is 4.31. The van der Waals surface area contributed by atoms with E-state index < -0.39 is 0 Å². The van der Waals surface area contributed by atoms with Crippen molar-refractivity contribution >= 4 is 28.2 Å². The minimum atomic E-state index is -0.305. The number of anilines is 2. The average Bonchev–Trinajstić information content (AvgIpc) is 2.78. The molecule has 2 aromatic rings. The van der Waals surface area contributed by atoms with Gasteiger partial charge >= 0.3 is 6.03 Å². The first-order valence-electron chi connectivity index (χ1n) is 6.50. The molecule has 2 amide bonds. The summed E-state index contributed by atoms with van der Waals surface area (Å²) in [5, 5.41) is 14.9. The molecule has 2 N–H and O–H groups in total. The van der Waals surface area contributed by atoms with Crippen LogP contribution in [0.3, 0.4) is 0 Å². The molecular weight excluding hydrogens is 272 g/mol. The number of hydrogen-bond donors (Lipinski definition) is 2. The summed E-state index contributed by atoms with van der Waals surface area (Å²) in [6.45, 7) is 6.25. The van der Waals surface area contributed by atoms with Crippen molar-refractivity contribution in [2.45, 2.75) is 27.2 Å². The van der Waals surface area contributed by atoms with Crippen LogP contribution in [-0.4, -0.2) is 16.2 Å². The highest BCUT2D eigenvalue weighted by Crippen LogP contribution is 2.18. The molecular formula is C14H18N4OS. The first kappa shape index (κ1) is 14.5. The van der Waals surface area contributed by atoms with Gasteiger partial charge in [-0.25, -0.2) is 4.79 Å². The highest BCUT2D eigenvalue weighted by Gasteiger charge is 2.09. The van der Waals surface area contributed by atoms with Crippen molar-refractivity contribution in [2.75, 3.05) is 10.6 Å². The van der Waals surface area contributed by atoms with E-state index in [0.717, 1.165) is 22.7 Å². The van der Waals surface area contributed by atoms with Crippen LogP contribution in [0.2, 0.25) is 0 Å². The second-order valence-electron chi connectivity index (χ2n) is 5.04. The van der Waals surface area contributed by atoms with E-state index in [-0.39, 0.29) is 6.03 Å². The van der Waals surface area contributed by atoms with Crippen molar-refractivity contribution in [1.82, 2.24) is 10.2 Å². The molecule has 5 nitrogen and oxygen atoms in total. The molecule has 0 fully saturated rings. The van der Waals surface area contributed by atoms with Gasteiger partial charge in [0.15, 0.2) is 0 Å². The number of aromatic nitrogens is 2. The Morgan fingerprint density at radius 1 is 1.20 bits per heavy atom. The summed E-state index contributed by atoms with van der Waals surface area (Å²) in [5.41, 5.74) is 1.90. The van der Waals surface area contributed by atoms with E-state index in [2.05, 4.69) is 34.7 Å². The molecule has 0 spiro atoms. The second-order valence-corrected chi connectivity index (χ2v) is 6.11. The predicted octanol–water partition coefficient (Wildman–Crippen LogP) is 3.69. The molecule has 1 heterocycles. The standard InChI is InChI=1S/C14H18N4OS/c1-9(2)8-12-17-18-14(20-12)16-13(19)15-11-6-4-10(3)5-7-11/h4-7,9H,8H2,1-3H3,(H2,15,16,18,19). The van der Waals surface area contributed by atoms with E-state index in [1.807, 2.05) is 31.2 Å². The van der Waals surface area contributed by atoms with Gasteiger partial charge in [-0.05, 0) is 25.0 Å². The number of benzene rings is 1. The van der Waals surface area contributed by atoms with Gasteiger partial charge in [0.2, 0.25) is 5.13 Å². The maximum atomic E-state index is 11.8. The fraction of sp³-hybridized carbons (Fsp3) is 0.357. The van der Waals surface area contributed by atoms with Crippen molar-refractivity contribution in [3.63, 3.8) is 0 Å². The molecule has 1 aromatic carbocycles. The Morgan fingerprint density at radius 2 is 1.90 bits per heavy atom. The number of urea groups is 1. The SMILES string of the molecule is Cc1ccc(NC(=O)Nc2nnc(CC(C)C)s2)cc1. The van der Waals surface area contributed by atoms with Gasteiger partial charge < -0.3 is 5.32 Å². The van der Waals surface area contributed by atoms with Crippen LogP contribution in [-0.2, 0) is 6.42 Å². The lowest BCUT2D eigenvalue weighted by molar-refractivity contribution is 0.262. The van der Waals surface area contributed by atoms with Crippen LogP contribution in [0.5, 0.6) is 0 Å². The van der Waals surface area contributed by atoms with Gasteiger partial charge in [0.1, 0.15) is 5.01 Å². The fourth-order valence-electron chi connectivity index (χ4n) is 1.63. The van der Waals surface area contributed by atoms with E-state index in [1.165, 1.54) is 11.3 Å².